The molecular formula is C6H5NO2. The Bertz CT molecular complexity index is 244. The molecule has 3 nitrogen and oxygen atoms in total. The average molecular weight is 123 g/mol. The maximum absolute atomic E-state index is 10.4. The van der Waals surface area contributed by atoms with E-state index >= 15 is 0 Å². The molecule has 0 N–H and O–H groups in total. The molecule has 0 fully saturated rings. The molecule has 0 aliphatic carbocycles. The number of hydrogen-bond donors (Lipinski definition) is 0. The lowest BCUT2D eigenvalue weighted by atomic mass is 10.5. The summed E-state index contributed by atoms with van der Waals surface area (Å²) in [5.41, 5.74) is -0.0897. The summed E-state index contributed by atoms with van der Waals surface area (Å²) in [6.07, 6.45) is 3.45. The van der Waals surface area contributed by atoms with Crippen molar-refractivity contribution in [2.75, 3.05) is 0 Å². The smallest absolute Gasteiger partial charge is 0.217 e. The van der Waals surface area contributed by atoms with Crippen molar-refractivity contribution in [1.82, 2.24) is 4.57 Å². The van der Waals surface area contributed by atoms with Crippen LogP contribution in [0.1, 0.15) is 0 Å². The first kappa shape index (κ1) is 5.75. The first-order valence-corrected chi connectivity index (χ1v) is 2.46. The molecule has 9 heavy (non-hydrogen) atoms. The highest BCUT2D eigenvalue weighted by molar-refractivity contribution is 5.51. The van der Waals surface area contributed by atoms with E-state index < -0.39 is 0 Å². The Kier molecular flexibility index (Phi) is 1.44. The molecule has 0 aromatic carbocycles. The van der Waals surface area contributed by atoms with E-state index in [4.69, 9.17) is 0 Å². The maximum Gasteiger partial charge on any atom is 0.217 e. The second-order valence-corrected chi connectivity index (χ2v) is 1.59. The van der Waals surface area contributed by atoms with Gasteiger partial charge < -0.3 is 0 Å². The molecule has 1 aromatic rings. The van der Waals surface area contributed by atoms with Crippen molar-refractivity contribution in [3.05, 3.63) is 34.7 Å². The summed E-state index contributed by atoms with van der Waals surface area (Å²) < 4.78 is 1.27. The Balaban J connectivity index is 3.16. The van der Waals surface area contributed by atoms with Crippen molar-refractivity contribution >= 4 is 6.41 Å². The molecule has 0 aliphatic heterocycles. The van der Waals surface area contributed by atoms with Crippen LogP contribution in [0.15, 0.2) is 29.3 Å². The van der Waals surface area contributed by atoms with Crippen LogP contribution in [0.2, 0.25) is 0 Å². The van der Waals surface area contributed by atoms with Crippen LogP contribution in [-0.4, -0.2) is 11.0 Å². The van der Waals surface area contributed by atoms with E-state index in [1.54, 1.807) is 0 Å². The summed E-state index contributed by atoms with van der Waals surface area (Å²) in [7, 11) is 0. The fraction of sp³-hybridized carbons (Fsp3) is 0. The lowest BCUT2D eigenvalue weighted by Gasteiger charge is -1.88. The Hall–Kier alpha value is -1.38. The molecule has 0 spiro atoms. The molecule has 1 heterocycles. The number of hydrogen-bond acceptors (Lipinski definition) is 2. The van der Waals surface area contributed by atoms with Crippen molar-refractivity contribution < 1.29 is 4.79 Å². The number of carbonyl (C=O) groups excluding carboxylic acids is 1. The number of carbonyl (C=O) groups is 1. The summed E-state index contributed by atoms with van der Waals surface area (Å²) >= 11 is 0. The monoisotopic (exact) mass is 123 g/mol. The molecule has 1 aromatic heterocycles. The van der Waals surface area contributed by atoms with E-state index in [1.807, 2.05) is 0 Å². The lowest BCUT2D eigenvalue weighted by Crippen LogP contribution is -2.01. The topological polar surface area (TPSA) is 39.1 Å². The van der Waals surface area contributed by atoms with Crippen LogP contribution >= 0.6 is 0 Å². The zero-order valence-electron chi connectivity index (χ0n) is 4.65. The van der Waals surface area contributed by atoms with E-state index in [2.05, 4.69) is 0 Å². The van der Waals surface area contributed by atoms with Gasteiger partial charge in [0.2, 0.25) is 6.41 Å². The van der Waals surface area contributed by atoms with Crippen LogP contribution in [0.3, 0.4) is 0 Å². The maximum atomic E-state index is 10.4. The molecular weight excluding hydrogens is 118 g/mol. The standard InChI is InChI=1S/C6H5NO2/c8-5-7-3-1-6(9)2-4-7/h1-5H. The van der Waals surface area contributed by atoms with Crippen LogP contribution in [0.5, 0.6) is 0 Å². The molecule has 1 rings (SSSR count). The largest absolute Gasteiger partial charge is 0.297 e. The number of aromatic nitrogens is 1. The van der Waals surface area contributed by atoms with Crippen LogP contribution in [0.25, 0.3) is 0 Å². The second-order valence-electron chi connectivity index (χ2n) is 1.59. The minimum absolute atomic E-state index is 0.0897. The van der Waals surface area contributed by atoms with Crippen LogP contribution in [0, 0.1) is 0 Å². The zero-order valence-corrected chi connectivity index (χ0v) is 4.65. The van der Waals surface area contributed by atoms with Gasteiger partial charge in [0.25, 0.3) is 0 Å². The third kappa shape index (κ3) is 1.25. The van der Waals surface area contributed by atoms with E-state index in [0.29, 0.717) is 6.41 Å². The summed E-state index contributed by atoms with van der Waals surface area (Å²) in [5, 5.41) is 0. The molecule has 0 radical (unpaired) electrons. The molecule has 0 unspecified atom stereocenters. The molecule has 0 bridgehead atoms. The van der Waals surface area contributed by atoms with Crippen LogP contribution < -0.4 is 5.43 Å². The average Bonchev–Trinajstić information content (AvgIpc) is 1.90. The SMILES string of the molecule is O=Cn1ccc(=O)cc1. The van der Waals surface area contributed by atoms with Crippen LogP contribution in [-0.2, 0) is 4.79 Å². The number of nitrogens with zero attached hydrogens (tertiary/aromatic N) is 1. The third-order valence-corrected chi connectivity index (χ3v) is 0.944. The quantitative estimate of drug-likeness (QED) is 0.488. The first-order chi connectivity index (χ1) is 4.33. The minimum atomic E-state index is -0.0897. The molecule has 0 saturated carbocycles. The second kappa shape index (κ2) is 2.26. The van der Waals surface area contributed by atoms with Gasteiger partial charge in [-0.1, -0.05) is 0 Å². The van der Waals surface area contributed by atoms with E-state index in [9.17, 15) is 9.59 Å². The minimum Gasteiger partial charge on any atom is -0.297 e. The molecule has 0 amide bonds. The summed E-state index contributed by atoms with van der Waals surface area (Å²) in [6.45, 7) is 0. The summed E-state index contributed by atoms with van der Waals surface area (Å²) in [4.78, 5) is 20.4. The molecule has 0 aliphatic rings. The third-order valence-electron chi connectivity index (χ3n) is 0.944. The fourth-order valence-corrected chi connectivity index (χ4v) is 0.495. The van der Waals surface area contributed by atoms with Gasteiger partial charge in [-0.25, -0.2) is 0 Å². The first-order valence-electron chi connectivity index (χ1n) is 2.46. The van der Waals surface area contributed by atoms with Crippen molar-refractivity contribution in [2.24, 2.45) is 0 Å². The number of pyridine rings is 1. The van der Waals surface area contributed by atoms with Crippen LogP contribution in [0.4, 0.5) is 0 Å². The Morgan fingerprint density at radius 3 is 2.33 bits per heavy atom. The Labute approximate surface area is 51.5 Å². The van der Waals surface area contributed by atoms with Gasteiger partial charge in [0.15, 0.2) is 5.43 Å². The van der Waals surface area contributed by atoms with Gasteiger partial charge >= 0.3 is 0 Å². The predicted octanol–water partition coefficient (Wildman–Crippen LogP) is -0.113. The van der Waals surface area contributed by atoms with Crippen molar-refractivity contribution in [1.29, 1.82) is 0 Å². The van der Waals surface area contributed by atoms with Crippen molar-refractivity contribution in [3.63, 3.8) is 0 Å². The molecule has 0 atom stereocenters. The highest BCUT2D eigenvalue weighted by Crippen LogP contribution is 1.74. The van der Waals surface area contributed by atoms with Crippen molar-refractivity contribution in [2.45, 2.75) is 0 Å². The zero-order chi connectivity index (χ0) is 6.69. The summed E-state index contributed by atoms with van der Waals surface area (Å²) in [5.74, 6) is 0. The van der Waals surface area contributed by atoms with E-state index in [-0.39, 0.29) is 5.43 Å². The van der Waals surface area contributed by atoms with Gasteiger partial charge in [0.1, 0.15) is 0 Å². The normalized spacial score (nSPS) is 8.89. The Morgan fingerprint density at radius 1 is 1.33 bits per heavy atom. The van der Waals surface area contributed by atoms with Gasteiger partial charge in [-0.05, 0) is 0 Å². The van der Waals surface area contributed by atoms with Gasteiger partial charge in [0, 0.05) is 24.5 Å². The van der Waals surface area contributed by atoms with Gasteiger partial charge in [-0.2, -0.15) is 0 Å². The number of rotatable bonds is 1. The fourth-order valence-electron chi connectivity index (χ4n) is 0.495. The van der Waals surface area contributed by atoms with Crippen molar-refractivity contribution in [3.8, 4) is 0 Å². The van der Waals surface area contributed by atoms with Gasteiger partial charge in [-0.15, -0.1) is 0 Å². The molecule has 0 saturated heterocycles. The summed E-state index contributed by atoms with van der Waals surface area (Å²) in [6, 6.07) is 2.66. The van der Waals surface area contributed by atoms with Gasteiger partial charge in [0.05, 0.1) is 0 Å². The van der Waals surface area contributed by atoms with E-state index in [0.717, 1.165) is 0 Å². The highest BCUT2D eigenvalue weighted by atomic mass is 16.1. The molecule has 46 valence electrons. The predicted molar refractivity (Wildman–Crippen MR) is 32.9 cm³/mol. The molecule has 3 heteroatoms. The highest BCUT2D eigenvalue weighted by Gasteiger charge is 1.81. The Morgan fingerprint density at radius 2 is 1.89 bits per heavy atom. The van der Waals surface area contributed by atoms with E-state index in [1.165, 1.54) is 29.1 Å². The van der Waals surface area contributed by atoms with Gasteiger partial charge in [-0.3, -0.25) is 14.2 Å². The lowest BCUT2D eigenvalue weighted by molar-refractivity contribution is 0.547.